The first-order valence-electron chi connectivity index (χ1n) is 14.2. The maximum atomic E-state index is 13.2. The van der Waals surface area contributed by atoms with Crippen molar-refractivity contribution in [2.24, 2.45) is 16.3 Å². The molecule has 0 radical (unpaired) electrons. The van der Waals surface area contributed by atoms with Crippen molar-refractivity contribution in [2.75, 3.05) is 25.0 Å². The van der Waals surface area contributed by atoms with E-state index in [1.54, 1.807) is 10.9 Å². The second-order valence-corrected chi connectivity index (χ2v) is 12.6. The number of nitrogens with one attached hydrogen (secondary N) is 2. The molecule has 3 aromatic rings. The van der Waals surface area contributed by atoms with E-state index in [1.165, 1.54) is 12.8 Å². The van der Waals surface area contributed by atoms with Gasteiger partial charge >= 0.3 is 0 Å². The van der Waals surface area contributed by atoms with E-state index in [0.717, 1.165) is 49.7 Å². The average Bonchev–Trinajstić information content (AvgIpc) is 2.90. The summed E-state index contributed by atoms with van der Waals surface area (Å²) < 4.78 is 1.69. The molecule has 2 N–H and O–H groups in total. The van der Waals surface area contributed by atoms with Gasteiger partial charge in [0.25, 0.3) is 5.56 Å². The Kier molecular flexibility index (Phi) is 8.29. The first kappa shape index (κ1) is 27.7. The van der Waals surface area contributed by atoms with Crippen molar-refractivity contribution in [3.63, 3.8) is 0 Å². The van der Waals surface area contributed by atoms with Crippen LogP contribution >= 0.6 is 11.6 Å². The van der Waals surface area contributed by atoms with Crippen LogP contribution < -0.4 is 16.2 Å². The van der Waals surface area contributed by atoms with Crippen LogP contribution in [0.2, 0.25) is 5.02 Å². The minimum atomic E-state index is -0.0241. The fourth-order valence-corrected chi connectivity index (χ4v) is 6.15. The van der Waals surface area contributed by atoms with Crippen LogP contribution in [0.4, 0.5) is 5.69 Å². The molecule has 1 aromatic heterocycles. The first-order chi connectivity index (χ1) is 18.7. The molecule has 8 heteroatoms. The minimum absolute atomic E-state index is 0.0241. The Morgan fingerprint density at radius 2 is 2.00 bits per heavy atom. The van der Waals surface area contributed by atoms with Gasteiger partial charge in [0.15, 0.2) is 5.96 Å². The lowest BCUT2D eigenvalue weighted by molar-refractivity contribution is 0.168. The molecule has 0 bridgehead atoms. The fraction of sp³-hybridized carbons (Fsp3) is 0.516. The SMILES string of the molecule is C[C@H]1CN(C(=N[C@H]2CCC(C)(C)C[C@@H]2C)Nc2ccc3c(=O)n(CCc4ccc(Cl)cc4)cnc3c2)CCN1. The predicted octanol–water partition coefficient (Wildman–Crippen LogP) is 5.57. The van der Waals surface area contributed by atoms with Crippen molar-refractivity contribution in [1.82, 2.24) is 19.8 Å². The normalized spacial score (nSPS) is 23.7. The molecule has 2 fully saturated rings. The van der Waals surface area contributed by atoms with Crippen molar-refractivity contribution in [3.05, 3.63) is 69.7 Å². The summed E-state index contributed by atoms with van der Waals surface area (Å²) in [5.41, 5.74) is 3.09. The van der Waals surface area contributed by atoms with Gasteiger partial charge in [0.05, 0.1) is 23.3 Å². The zero-order valence-corrected chi connectivity index (χ0v) is 24.3. The van der Waals surface area contributed by atoms with E-state index in [0.29, 0.717) is 45.9 Å². The van der Waals surface area contributed by atoms with Gasteiger partial charge in [-0.25, -0.2) is 9.98 Å². The predicted molar refractivity (Wildman–Crippen MR) is 162 cm³/mol. The summed E-state index contributed by atoms with van der Waals surface area (Å²) in [6.07, 6.45) is 5.89. The number of guanidine groups is 1. The third-order valence-corrected chi connectivity index (χ3v) is 8.49. The number of nitrogens with zero attached hydrogens (tertiary/aromatic N) is 4. The molecule has 1 aliphatic carbocycles. The summed E-state index contributed by atoms with van der Waals surface area (Å²) >= 11 is 6.00. The quantitative estimate of drug-likeness (QED) is 0.322. The van der Waals surface area contributed by atoms with Crippen LogP contribution in [-0.2, 0) is 13.0 Å². The topological polar surface area (TPSA) is 74.5 Å². The monoisotopic (exact) mass is 548 g/mol. The minimum Gasteiger partial charge on any atom is -0.340 e. The van der Waals surface area contributed by atoms with Gasteiger partial charge < -0.3 is 15.5 Å². The van der Waals surface area contributed by atoms with Gasteiger partial charge in [-0.15, -0.1) is 0 Å². The number of rotatable bonds is 5. The van der Waals surface area contributed by atoms with E-state index >= 15 is 0 Å². The van der Waals surface area contributed by atoms with Crippen LogP contribution in [0.1, 0.15) is 52.5 Å². The Bertz CT molecular complexity index is 1380. The molecule has 2 aromatic carbocycles. The fourth-order valence-electron chi connectivity index (χ4n) is 6.02. The highest BCUT2D eigenvalue weighted by atomic mass is 35.5. The highest BCUT2D eigenvalue weighted by molar-refractivity contribution is 6.30. The van der Waals surface area contributed by atoms with E-state index in [2.05, 4.69) is 48.2 Å². The Balaban J connectivity index is 1.37. The summed E-state index contributed by atoms with van der Waals surface area (Å²) in [4.78, 5) is 25.5. The second-order valence-electron chi connectivity index (χ2n) is 12.2. The number of anilines is 1. The lowest BCUT2D eigenvalue weighted by Crippen LogP contribution is -2.53. The van der Waals surface area contributed by atoms with Crippen LogP contribution in [0.15, 0.2) is 58.6 Å². The number of fused-ring (bicyclic) bond motifs is 1. The average molecular weight is 549 g/mol. The summed E-state index contributed by atoms with van der Waals surface area (Å²) in [6, 6.07) is 14.3. The molecule has 2 aliphatic rings. The van der Waals surface area contributed by atoms with Crippen molar-refractivity contribution in [3.8, 4) is 0 Å². The molecule has 3 atom stereocenters. The number of aliphatic imine (C=N–C) groups is 1. The number of aromatic nitrogens is 2. The molecule has 0 unspecified atom stereocenters. The van der Waals surface area contributed by atoms with Crippen molar-refractivity contribution < 1.29 is 0 Å². The van der Waals surface area contributed by atoms with Crippen molar-refractivity contribution >= 4 is 34.2 Å². The molecule has 0 spiro atoms. The molecular weight excluding hydrogens is 508 g/mol. The molecule has 208 valence electrons. The molecule has 7 nitrogen and oxygen atoms in total. The van der Waals surface area contributed by atoms with Crippen LogP contribution in [0.3, 0.4) is 0 Å². The van der Waals surface area contributed by atoms with Crippen LogP contribution in [-0.4, -0.2) is 52.1 Å². The van der Waals surface area contributed by atoms with Gasteiger partial charge in [-0.05, 0) is 79.8 Å². The molecule has 2 heterocycles. The number of hydrogen-bond donors (Lipinski definition) is 2. The van der Waals surface area contributed by atoms with Gasteiger partial charge in [0.2, 0.25) is 0 Å². The Hall–Kier alpha value is -2.90. The number of hydrogen-bond acceptors (Lipinski definition) is 4. The molecule has 0 amide bonds. The van der Waals surface area contributed by atoms with Gasteiger partial charge in [0, 0.05) is 42.9 Å². The molecule has 1 saturated carbocycles. The van der Waals surface area contributed by atoms with Crippen molar-refractivity contribution in [1.29, 1.82) is 0 Å². The molecule has 5 rings (SSSR count). The maximum absolute atomic E-state index is 13.2. The summed E-state index contributed by atoms with van der Waals surface area (Å²) in [5.74, 6) is 1.46. The van der Waals surface area contributed by atoms with E-state index in [9.17, 15) is 4.79 Å². The van der Waals surface area contributed by atoms with Crippen LogP contribution in [0.25, 0.3) is 10.9 Å². The number of benzene rings is 2. The Morgan fingerprint density at radius 3 is 2.74 bits per heavy atom. The summed E-state index contributed by atoms with van der Waals surface area (Å²) in [5, 5.41) is 8.49. The Labute approximate surface area is 236 Å². The van der Waals surface area contributed by atoms with E-state index < -0.39 is 0 Å². The second kappa shape index (κ2) is 11.7. The largest absolute Gasteiger partial charge is 0.340 e. The third-order valence-electron chi connectivity index (χ3n) is 8.24. The maximum Gasteiger partial charge on any atom is 0.261 e. The standard InChI is InChI=1S/C31H41ClN6O/c1-21-18-31(3,4)13-11-27(21)36-30(37-16-14-33-22(2)19-37)35-25-9-10-26-28(17-25)34-20-38(29(26)39)15-12-23-5-7-24(32)8-6-23/h5-10,17,20-22,27,33H,11-16,18-19H2,1-4H3,(H,35,36)/t21-,22-,27-/m0/s1. The smallest absolute Gasteiger partial charge is 0.261 e. The highest BCUT2D eigenvalue weighted by Gasteiger charge is 2.33. The van der Waals surface area contributed by atoms with E-state index in [-0.39, 0.29) is 5.56 Å². The van der Waals surface area contributed by atoms with Gasteiger partial charge in [0.1, 0.15) is 0 Å². The molecule has 1 saturated heterocycles. The van der Waals surface area contributed by atoms with Crippen LogP contribution in [0, 0.1) is 11.3 Å². The van der Waals surface area contributed by atoms with E-state index in [1.807, 2.05) is 42.5 Å². The summed E-state index contributed by atoms with van der Waals surface area (Å²) in [6.45, 7) is 12.6. The zero-order valence-electron chi connectivity index (χ0n) is 23.6. The number of piperazine rings is 1. The van der Waals surface area contributed by atoms with Gasteiger partial charge in [-0.1, -0.05) is 44.5 Å². The zero-order chi connectivity index (χ0) is 27.6. The Morgan fingerprint density at radius 1 is 1.21 bits per heavy atom. The van der Waals surface area contributed by atoms with Gasteiger partial charge in [-0.3, -0.25) is 9.36 Å². The molecule has 1 aliphatic heterocycles. The molecule has 39 heavy (non-hydrogen) atoms. The first-order valence-corrected chi connectivity index (χ1v) is 14.6. The third kappa shape index (κ3) is 6.82. The highest BCUT2D eigenvalue weighted by Crippen LogP contribution is 2.39. The summed E-state index contributed by atoms with van der Waals surface area (Å²) in [7, 11) is 0. The lowest BCUT2D eigenvalue weighted by atomic mass is 9.71. The van der Waals surface area contributed by atoms with Crippen molar-refractivity contribution in [2.45, 2.75) is 72.0 Å². The lowest BCUT2D eigenvalue weighted by Gasteiger charge is -2.39. The number of halogens is 1. The number of aryl methyl sites for hydroxylation is 2. The van der Waals surface area contributed by atoms with Crippen LogP contribution in [0.5, 0.6) is 0 Å². The van der Waals surface area contributed by atoms with Gasteiger partial charge in [-0.2, -0.15) is 0 Å². The molecular formula is C31H41ClN6O. The van der Waals surface area contributed by atoms with E-state index in [4.69, 9.17) is 16.6 Å².